The molecular formula is C12H16FNOS. The summed E-state index contributed by atoms with van der Waals surface area (Å²) in [5.41, 5.74) is 0.814. The third-order valence-corrected chi connectivity index (χ3v) is 3.75. The molecule has 1 N–H and O–H groups in total. The summed E-state index contributed by atoms with van der Waals surface area (Å²) in [6.07, 6.45) is 2.28. The van der Waals surface area contributed by atoms with E-state index in [1.807, 2.05) is 17.8 Å². The van der Waals surface area contributed by atoms with Crippen LogP contribution in [-0.2, 0) is 0 Å². The van der Waals surface area contributed by atoms with Gasteiger partial charge in [0.25, 0.3) is 0 Å². The molecule has 0 amide bonds. The molecule has 2 nitrogen and oxygen atoms in total. The van der Waals surface area contributed by atoms with Crippen LogP contribution in [0.5, 0.6) is 5.75 Å². The van der Waals surface area contributed by atoms with Gasteiger partial charge < -0.3 is 10.1 Å². The fraction of sp³-hybridized carbons (Fsp3) is 0.500. The molecule has 88 valence electrons. The minimum Gasteiger partial charge on any atom is -0.497 e. The van der Waals surface area contributed by atoms with Crippen LogP contribution >= 0.6 is 11.8 Å². The predicted molar refractivity (Wildman–Crippen MR) is 66.9 cm³/mol. The fourth-order valence-electron chi connectivity index (χ4n) is 1.84. The van der Waals surface area contributed by atoms with Crippen LogP contribution in [0.15, 0.2) is 18.2 Å². The van der Waals surface area contributed by atoms with Gasteiger partial charge in [0, 0.05) is 23.9 Å². The molecule has 1 saturated heterocycles. The molecule has 0 spiro atoms. The number of benzene rings is 1. The van der Waals surface area contributed by atoms with Gasteiger partial charge in [-0.3, -0.25) is 0 Å². The van der Waals surface area contributed by atoms with Crippen LogP contribution in [0.25, 0.3) is 0 Å². The molecule has 1 aromatic carbocycles. The van der Waals surface area contributed by atoms with E-state index in [0.29, 0.717) is 11.8 Å². The van der Waals surface area contributed by atoms with E-state index in [1.165, 1.54) is 23.6 Å². The Kier molecular flexibility index (Phi) is 3.93. The zero-order valence-corrected chi connectivity index (χ0v) is 10.1. The number of rotatable bonds is 3. The molecule has 0 aromatic heterocycles. The van der Waals surface area contributed by atoms with Crippen molar-refractivity contribution in [1.29, 1.82) is 0 Å². The van der Waals surface area contributed by atoms with Gasteiger partial charge in [-0.25, -0.2) is 4.39 Å². The summed E-state index contributed by atoms with van der Waals surface area (Å²) >= 11 is 1.98. The first kappa shape index (κ1) is 11.6. The van der Waals surface area contributed by atoms with Crippen LogP contribution in [-0.4, -0.2) is 24.7 Å². The molecule has 0 atom stereocenters. The maximum atomic E-state index is 13.2. The number of nitrogens with one attached hydrogen (secondary N) is 1. The third kappa shape index (κ3) is 3.04. The molecule has 1 aliphatic rings. The van der Waals surface area contributed by atoms with E-state index in [4.69, 9.17) is 4.74 Å². The van der Waals surface area contributed by atoms with Crippen molar-refractivity contribution in [3.8, 4) is 5.75 Å². The highest BCUT2D eigenvalue weighted by Gasteiger charge is 2.13. The molecule has 1 aromatic rings. The molecule has 2 rings (SSSR count). The summed E-state index contributed by atoms with van der Waals surface area (Å²) < 4.78 is 18.3. The molecule has 0 radical (unpaired) electrons. The zero-order chi connectivity index (χ0) is 11.4. The number of methoxy groups -OCH3 is 1. The summed E-state index contributed by atoms with van der Waals surface area (Å²) in [4.78, 5) is 0. The Hall–Kier alpha value is -0.900. The first-order valence-corrected chi connectivity index (χ1v) is 6.62. The summed E-state index contributed by atoms with van der Waals surface area (Å²) in [5, 5.41) is 3.36. The van der Waals surface area contributed by atoms with Crippen molar-refractivity contribution < 1.29 is 9.13 Å². The summed E-state index contributed by atoms with van der Waals surface area (Å²) in [6.45, 7) is 0. The van der Waals surface area contributed by atoms with Crippen molar-refractivity contribution in [2.24, 2.45) is 0 Å². The molecule has 4 heteroatoms. The van der Waals surface area contributed by atoms with Crippen LogP contribution < -0.4 is 10.1 Å². The summed E-state index contributed by atoms with van der Waals surface area (Å²) in [7, 11) is 1.55. The average molecular weight is 241 g/mol. The number of halogens is 1. The lowest BCUT2D eigenvalue weighted by Crippen LogP contribution is -2.24. The lowest BCUT2D eigenvalue weighted by atomic mass is 10.1. The minimum absolute atomic E-state index is 0.257. The molecule has 0 saturated carbocycles. The van der Waals surface area contributed by atoms with E-state index in [9.17, 15) is 4.39 Å². The van der Waals surface area contributed by atoms with Gasteiger partial charge in [0.1, 0.15) is 11.6 Å². The highest BCUT2D eigenvalue weighted by Crippen LogP contribution is 2.24. The largest absolute Gasteiger partial charge is 0.497 e. The van der Waals surface area contributed by atoms with E-state index < -0.39 is 0 Å². The molecular weight excluding hydrogens is 225 g/mol. The first-order valence-electron chi connectivity index (χ1n) is 5.47. The molecule has 0 bridgehead atoms. The molecule has 1 heterocycles. The maximum absolute atomic E-state index is 13.2. The zero-order valence-electron chi connectivity index (χ0n) is 9.33. The normalized spacial score (nSPS) is 17.1. The Morgan fingerprint density at radius 1 is 1.31 bits per heavy atom. The SMILES string of the molecule is COc1cc(F)cc(NC2CCSCC2)c1. The average Bonchev–Trinajstić information content (AvgIpc) is 2.29. The van der Waals surface area contributed by atoms with Gasteiger partial charge in [-0.15, -0.1) is 0 Å². The Labute approximate surface area is 99.6 Å². The molecule has 0 unspecified atom stereocenters. The monoisotopic (exact) mass is 241 g/mol. The number of ether oxygens (including phenoxy) is 1. The van der Waals surface area contributed by atoms with Gasteiger partial charge in [0.2, 0.25) is 0 Å². The van der Waals surface area contributed by atoms with Gasteiger partial charge >= 0.3 is 0 Å². The van der Waals surface area contributed by atoms with E-state index >= 15 is 0 Å². The second kappa shape index (κ2) is 5.43. The molecule has 1 fully saturated rings. The summed E-state index contributed by atoms with van der Waals surface area (Å²) in [6, 6.07) is 5.21. The molecule has 1 aliphatic heterocycles. The van der Waals surface area contributed by atoms with Crippen molar-refractivity contribution >= 4 is 17.4 Å². The lowest BCUT2D eigenvalue weighted by molar-refractivity contribution is 0.411. The Bertz CT molecular complexity index is 353. The van der Waals surface area contributed by atoms with Crippen molar-refractivity contribution in [3.63, 3.8) is 0 Å². The standard InChI is InChI=1S/C12H16FNOS/c1-15-12-7-9(13)6-11(8-12)14-10-2-4-16-5-3-10/h6-8,10,14H,2-5H2,1H3. The Morgan fingerprint density at radius 3 is 2.75 bits per heavy atom. The van der Waals surface area contributed by atoms with Gasteiger partial charge in [-0.2, -0.15) is 11.8 Å². The van der Waals surface area contributed by atoms with Crippen LogP contribution in [0.2, 0.25) is 0 Å². The number of thioether (sulfide) groups is 1. The molecule has 16 heavy (non-hydrogen) atoms. The van der Waals surface area contributed by atoms with Crippen LogP contribution in [0.3, 0.4) is 0 Å². The number of hydrogen-bond donors (Lipinski definition) is 1. The minimum atomic E-state index is -0.257. The van der Waals surface area contributed by atoms with E-state index in [1.54, 1.807) is 7.11 Å². The van der Waals surface area contributed by atoms with E-state index in [-0.39, 0.29) is 5.82 Å². The number of hydrogen-bond acceptors (Lipinski definition) is 3. The van der Waals surface area contributed by atoms with Gasteiger partial charge in [0.15, 0.2) is 0 Å². The Balaban J connectivity index is 2.04. The third-order valence-electron chi connectivity index (χ3n) is 2.70. The second-order valence-corrected chi connectivity index (χ2v) is 5.14. The topological polar surface area (TPSA) is 21.3 Å². The second-order valence-electron chi connectivity index (χ2n) is 3.91. The maximum Gasteiger partial charge on any atom is 0.128 e. The fourth-order valence-corrected chi connectivity index (χ4v) is 2.95. The van der Waals surface area contributed by atoms with Crippen molar-refractivity contribution in [2.75, 3.05) is 23.9 Å². The predicted octanol–water partition coefficient (Wildman–Crippen LogP) is 3.14. The lowest BCUT2D eigenvalue weighted by Gasteiger charge is -2.23. The van der Waals surface area contributed by atoms with E-state index in [0.717, 1.165) is 18.5 Å². The van der Waals surface area contributed by atoms with Crippen molar-refractivity contribution in [2.45, 2.75) is 18.9 Å². The smallest absolute Gasteiger partial charge is 0.128 e. The molecule has 0 aliphatic carbocycles. The highest BCUT2D eigenvalue weighted by molar-refractivity contribution is 7.99. The Morgan fingerprint density at radius 2 is 2.06 bits per heavy atom. The van der Waals surface area contributed by atoms with Crippen LogP contribution in [0.1, 0.15) is 12.8 Å². The van der Waals surface area contributed by atoms with Crippen LogP contribution in [0.4, 0.5) is 10.1 Å². The van der Waals surface area contributed by atoms with Crippen molar-refractivity contribution in [1.82, 2.24) is 0 Å². The van der Waals surface area contributed by atoms with Crippen LogP contribution in [0, 0.1) is 5.82 Å². The first-order chi connectivity index (χ1) is 7.78. The number of anilines is 1. The summed E-state index contributed by atoms with van der Waals surface area (Å²) in [5.74, 6) is 2.67. The van der Waals surface area contributed by atoms with E-state index in [2.05, 4.69) is 5.32 Å². The van der Waals surface area contributed by atoms with Crippen molar-refractivity contribution in [3.05, 3.63) is 24.0 Å². The quantitative estimate of drug-likeness (QED) is 0.878. The van der Waals surface area contributed by atoms with Gasteiger partial charge in [-0.1, -0.05) is 0 Å². The van der Waals surface area contributed by atoms with Gasteiger partial charge in [0.05, 0.1) is 7.11 Å². The van der Waals surface area contributed by atoms with Gasteiger partial charge in [-0.05, 0) is 30.4 Å². The highest BCUT2D eigenvalue weighted by atomic mass is 32.2.